The molecule has 0 unspecified atom stereocenters. The monoisotopic (exact) mass is 243 g/mol. The minimum Gasteiger partial charge on any atom is -0.355 e. The quantitative estimate of drug-likeness (QED) is 0.857. The first-order valence-corrected chi connectivity index (χ1v) is 5.74. The molecular weight excluding hydrogens is 228 g/mol. The van der Waals surface area contributed by atoms with Gasteiger partial charge in [0.25, 0.3) is 6.43 Å². The molecule has 1 amide bonds. The second-order valence-corrected chi connectivity index (χ2v) is 4.18. The maximum Gasteiger partial charge on any atom is 0.280 e. The SMILES string of the molecule is CCNC(=O)Cn1nc(C2CC2)cc1C(F)F. The number of carbonyl (C=O) groups excluding carboxylic acids is 1. The molecule has 0 aliphatic heterocycles. The van der Waals surface area contributed by atoms with Gasteiger partial charge < -0.3 is 5.32 Å². The van der Waals surface area contributed by atoms with Crippen LogP contribution < -0.4 is 5.32 Å². The number of nitrogens with one attached hydrogen (secondary N) is 1. The lowest BCUT2D eigenvalue weighted by Crippen LogP contribution is -2.28. The van der Waals surface area contributed by atoms with Crippen LogP contribution >= 0.6 is 0 Å². The van der Waals surface area contributed by atoms with Crippen molar-refractivity contribution in [2.24, 2.45) is 0 Å². The summed E-state index contributed by atoms with van der Waals surface area (Å²) in [5, 5.41) is 6.66. The van der Waals surface area contributed by atoms with E-state index in [1.54, 1.807) is 6.92 Å². The lowest BCUT2D eigenvalue weighted by molar-refractivity contribution is -0.121. The molecular formula is C11H15F2N3O. The van der Waals surface area contributed by atoms with Gasteiger partial charge in [0.15, 0.2) is 0 Å². The van der Waals surface area contributed by atoms with Gasteiger partial charge in [-0.3, -0.25) is 9.48 Å². The lowest BCUT2D eigenvalue weighted by Gasteiger charge is -2.06. The molecule has 1 heterocycles. The van der Waals surface area contributed by atoms with Crippen LogP contribution in [0.15, 0.2) is 6.07 Å². The summed E-state index contributed by atoms with van der Waals surface area (Å²) in [7, 11) is 0. The Labute approximate surface area is 98.0 Å². The summed E-state index contributed by atoms with van der Waals surface area (Å²) in [5.74, 6) is 0.0165. The van der Waals surface area contributed by atoms with Gasteiger partial charge >= 0.3 is 0 Å². The highest BCUT2D eigenvalue weighted by Crippen LogP contribution is 2.40. The van der Waals surface area contributed by atoms with Gasteiger partial charge in [0.2, 0.25) is 5.91 Å². The van der Waals surface area contributed by atoms with Gasteiger partial charge in [-0.2, -0.15) is 5.10 Å². The van der Waals surface area contributed by atoms with Crippen molar-refractivity contribution >= 4 is 5.91 Å². The van der Waals surface area contributed by atoms with E-state index in [1.165, 1.54) is 6.07 Å². The number of alkyl halides is 2. The standard InChI is InChI=1S/C11H15F2N3O/c1-2-14-10(17)6-16-9(11(12)13)5-8(15-16)7-3-4-7/h5,7,11H,2-4,6H2,1H3,(H,14,17). The average Bonchev–Trinajstić information content (AvgIpc) is 3.01. The maximum absolute atomic E-state index is 12.8. The topological polar surface area (TPSA) is 46.9 Å². The predicted molar refractivity (Wildman–Crippen MR) is 57.8 cm³/mol. The molecule has 0 saturated heterocycles. The highest BCUT2D eigenvalue weighted by atomic mass is 19.3. The molecule has 0 atom stereocenters. The fourth-order valence-electron chi connectivity index (χ4n) is 1.72. The van der Waals surface area contributed by atoms with Crippen LogP contribution in [0.25, 0.3) is 0 Å². The summed E-state index contributed by atoms with van der Waals surface area (Å²) in [6.45, 7) is 2.13. The van der Waals surface area contributed by atoms with Crippen molar-refractivity contribution in [1.82, 2.24) is 15.1 Å². The van der Waals surface area contributed by atoms with Crippen molar-refractivity contribution < 1.29 is 13.6 Å². The number of carbonyl (C=O) groups is 1. The Bertz CT molecular complexity index is 413. The second kappa shape index (κ2) is 4.81. The Morgan fingerprint density at radius 2 is 2.35 bits per heavy atom. The van der Waals surface area contributed by atoms with Crippen LogP contribution in [0, 0.1) is 0 Å². The van der Waals surface area contributed by atoms with Gasteiger partial charge in [-0.15, -0.1) is 0 Å². The third-order valence-electron chi connectivity index (χ3n) is 2.72. The van der Waals surface area contributed by atoms with Crippen LogP contribution in [0.4, 0.5) is 8.78 Å². The van der Waals surface area contributed by atoms with Crippen molar-refractivity contribution in [2.75, 3.05) is 6.54 Å². The maximum atomic E-state index is 12.8. The number of aromatic nitrogens is 2. The minimum atomic E-state index is -2.59. The Kier molecular flexibility index (Phi) is 3.40. The number of hydrogen-bond donors (Lipinski definition) is 1. The van der Waals surface area contributed by atoms with E-state index in [-0.39, 0.29) is 18.1 Å². The second-order valence-electron chi connectivity index (χ2n) is 4.18. The first kappa shape index (κ1) is 12.0. The average molecular weight is 243 g/mol. The van der Waals surface area contributed by atoms with Gasteiger partial charge in [0.05, 0.1) is 5.69 Å². The highest BCUT2D eigenvalue weighted by molar-refractivity contribution is 5.75. The molecule has 0 aromatic carbocycles. The van der Waals surface area contributed by atoms with Crippen molar-refractivity contribution in [3.8, 4) is 0 Å². The Hall–Kier alpha value is -1.46. The molecule has 17 heavy (non-hydrogen) atoms. The van der Waals surface area contributed by atoms with Crippen molar-refractivity contribution in [3.63, 3.8) is 0 Å². The molecule has 0 bridgehead atoms. The molecule has 1 N–H and O–H groups in total. The number of rotatable bonds is 5. The number of likely N-dealkylation sites (N-methyl/N-ethyl adjacent to an activating group) is 1. The summed E-state index contributed by atoms with van der Waals surface area (Å²) in [6.07, 6.45) is -0.591. The van der Waals surface area contributed by atoms with Gasteiger partial charge in [-0.25, -0.2) is 8.78 Å². The number of hydrogen-bond acceptors (Lipinski definition) is 2. The van der Waals surface area contributed by atoms with Gasteiger partial charge in [-0.05, 0) is 25.8 Å². The Morgan fingerprint density at radius 1 is 1.65 bits per heavy atom. The first-order chi connectivity index (χ1) is 8.11. The van der Waals surface area contributed by atoms with Crippen LogP contribution in [-0.2, 0) is 11.3 Å². The van der Waals surface area contributed by atoms with E-state index in [0.29, 0.717) is 18.2 Å². The molecule has 1 aliphatic rings. The molecule has 6 heteroatoms. The van der Waals surface area contributed by atoms with E-state index in [0.717, 1.165) is 17.5 Å². The molecule has 1 saturated carbocycles. The van der Waals surface area contributed by atoms with Crippen LogP contribution in [0.1, 0.15) is 43.5 Å². The molecule has 4 nitrogen and oxygen atoms in total. The van der Waals surface area contributed by atoms with Gasteiger partial charge in [0, 0.05) is 12.5 Å². The lowest BCUT2D eigenvalue weighted by atomic mass is 10.3. The summed E-state index contributed by atoms with van der Waals surface area (Å²) in [6, 6.07) is 1.42. The fraction of sp³-hybridized carbons (Fsp3) is 0.636. The van der Waals surface area contributed by atoms with E-state index >= 15 is 0 Å². The number of halogens is 2. The Balaban J connectivity index is 2.15. The van der Waals surface area contributed by atoms with Crippen LogP contribution in [-0.4, -0.2) is 22.2 Å². The fourth-order valence-corrected chi connectivity index (χ4v) is 1.72. The molecule has 1 aromatic heterocycles. The molecule has 0 radical (unpaired) electrons. The molecule has 0 spiro atoms. The zero-order valence-corrected chi connectivity index (χ0v) is 9.62. The summed E-state index contributed by atoms with van der Waals surface area (Å²) < 4.78 is 26.7. The van der Waals surface area contributed by atoms with Crippen molar-refractivity contribution in [2.45, 2.75) is 38.7 Å². The van der Waals surface area contributed by atoms with Crippen molar-refractivity contribution in [3.05, 3.63) is 17.5 Å². The molecule has 2 rings (SSSR count). The van der Waals surface area contributed by atoms with E-state index in [4.69, 9.17) is 0 Å². The Morgan fingerprint density at radius 3 is 2.88 bits per heavy atom. The first-order valence-electron chi connectivity index (χ1n) is 5.74. The highest BCUT2D eigenvalue weighted by Gasteiger charge is 2.29. The van der Waals surface area contributed by atoms with Gasteiger partial charge in [-0.1, -0.05) is 0 Å². The van der Waals surface area contributed by atoms with Crippen LogP contribution in [0.2, 0.25) is 0 Å². The molecule has 1 aliphatic carbocycles. The minimum absolute atomic E-state index is 0.139. The molecule has 94 valence electrons. The number of nitrogens with zero attached hydrogens (tertiary/aromatic N) is 2. The smallest absolute Gasteiger partial charge is 0.280 e. The zero-order valence-electron chi connectivity index (χ0n) is 9.62. The third-order valence-corrected chi connectivity index (χ3v) is 2.72. The largest absolute Gasteiger partial charge is 0.355 e. The van der Waals surface area contributed by atoms with Gasteiger partial charge in [0.1, 0.15) is 12.2 Å². The molecule has 1 aromatic rings. The predicted octanol–water partition coefficient (Wildman–Crippen LogP) is 1.83. The number of amides is 1. The normalized spacial score (nSPS) is 15.3. The van der Waals surface area contributed by atoms with Crippen molar-refractivity contribution in [1.29, 1.82) is 0 Å². The van der Waals surface area contributed by atoms with E-state index < -0.39 is 6.43 Å². The third kappa shape index (κ3) is 2.81. The van der Waals surface area contributed by atoms with Crippen LogP contribution in [0.3, 0.4) is 0 Å². The van der Waals surface area contributed by atoms with E-state index in [2.05, 4.69) is 10.4 Å². The zero-order chi connectivity index (χ0) is 12.4. The van der Waals surface area contributed by atoms with Crippen LogP contribution in [0.5, 0.6) is 0 Å². The summed E-state index contributed by atoms with van der Waals surface area (Å²) in [5.41, 5.74) is 0.516. The summed E-state index contributed by atoms with van der Waals surface area (Å²) in [4.78, 5) is 11.4. The van der Waals surface area contributed by atoms with E-state index in [9.17, 15) is 13.6 Å². The molecule has 1 fully saturated rings. The van der Waals surface area contributed by atoms with E-state index in [1.807, 2.05) is 0 Å². The summed E-state index contributed by atoms with van der Waals surface area (Å²) >= 11 is 0.